The number of halogens is 3. The number of aryl methyl sites for hydroxylation is 1. The van der Waals surface area contributed by atoms with Crippen LogP contribution in [-0.2, 0) is 17.8 Å². The van der Waals surface area contributed by atoms with E-state index in [9.17, 15) is 18.0 Å². The van der Waals surface area contributed by atoms with Gasteiger partial charge in [-0.15, -0.1) is 11.3 Å². The van der Waals surface area contributed by atoms with Crippen molar-refractivity contribution in [1.82, 2.24) is 4.90 Å². The Hall–Kier alpha value is -1.76. The summed E-state index contributed by atoms with van der Waals surface area (Å²) in [6.45, 7) is -1.42. The molecule has 2 aromatic heterocycles. The first-order chi connectivity index (χ1) is 10.4. The first-order valence-corrected chi connectivity index (χ1v) is 7.71. The molecule has 0 spiro atoms. The number of carbonyl (C=O) groups excluding carboxylic acids is 1. The van der Waals surface area contributed by atoms with Crippen molar-refractivity contribution in [3.63, 3.8) is 0 Å². The molecule has 7 heteroatoms. The second kappa shape index (κ2) is 7.49. The molecule has 0 saturated carbocycles. The normalized spacial score (nSPS) is 11.6. The highest BCUT2D eigenvalue weighted by Crippen LogP contribution is 2.20. The average molecular weight is 331 g/mol. The molecular weight excluding hydrogens is 315 g/mol. The Morgan fingerprint density at radius 3 is 2.68 bits per heavy atom. The third-order valence-electron chi connectivity index (χ3n) is 3.04. The molecule has 22 heavy (non-hydrogen) atoms. The molecule has 2 heterocycles. The third-order valence-corrected chi connectivity index (χ3v) is 3.98. The number of amides is 1. The summed E-state index contributed by atoms with van der Waals surface area (Å²) >= 11 is 1.58. The fraction of sp³-hybridized carbons (Fsp3) is 0.400. The number of carbonyl (C=O) groups is 1. The quantitative estimate of drug-likeness (QED) is 0.760. The largest absolute Gasteiger partial charge is 0.467 e. The van der Waals surface area contributed by atoms with Gasteiger partial charge >= 0.3 is 6.18 Å². The number of furan rings is 1. The highest BCUT2D eigenvalue weighted by atomic mass is 32.1. The summed E-state index contributed by atoms with van der Waals surface area (Å²) < 4.78 is 42.9. The van der Waals surface area contributed by atoms with E-state index in [1.807, 2.05) is 17.5 Å². The zero-order valence-corrected chi connectivity index (χ0v) is 12.6. The van der Waals surface area contributed by atoms with E-state index < -0.39 is 18.6 Å². The van der Waals surface area contributed by atoms with Crippen molar-refractivity contribution in [2.75, 3.05) is 6.54 Å². The molecule has 120 valence electrons. The van der Waals surface area contributed by atoms with Crippen molar-refractivity contribution in [2.24, 2.45) is 0 Å². The average Bonchev–Trinajstić information content (AvgIpc) is 3.09. The monoisotopic (exact) mass is 331 g/mol. The van der Waals surface area contributed by atoms with E-state index in [1.54, 1.807) is 23.5 Å². The first-order valence-electron chi connectivity index (χ1n) is 6.83. The van der Waals surface area contributed by atoms with E-state index in [4.69, 9.17) is 4.42 Å². The Kier molecular flexibility index (Phi) is 5.65. The van der Waals surface area contributed by atoms with E-state index >= 15 is 0 Å². The Morgan fingerprint density at radius 1 is 1.27 bits per heavy atom. The van der Waals surface area contributed by atoms with Gasteiger partial charge in [0.2, 0.25) is 5.91 Å². The molecule has 0 saturated heterocycles. The van der Waals surface area contributed by atoms with Crippen molar-refractivity contribution >= 4 is 17.2 Å². The van der Waals surface area contributed by atoms with Gasteiger partial charge in [-0.25, -0.2) is 0 Å². The SMILES string of the molecule is O=C(CCCc1cccs1)N(Cc1ccco1)CC(F)(F)F. The fourth-order valence-corrected chi connectivity index (χ4v) is 2.82. The van der Waals surface area contributed by atoms with Gasteiger partial charge in [0, 0.05) is 11.3 Å². The molecule has 0 aliphatic carbocycles. The van der Waals surface area contributed by atoms with Gasteiger partial charge in [0.1, 0.15) is 12.3 Å². The van der Waals surface area contributed by atoms with Gasteiger partial charge in [0.15, 0.2) is 0 Å². The lowest BCUT2D eigenvalue weighted by atomic mass is 10.2. The van der Waals surface area contributed by atoms with E-state index in [0.717, 1.165) is 9.78 Å². The third kappa shape index (κ3) is 5.55. The van der Waals surface area contributed by atoms with Crippen LogP contribution >= 0.6 is 11.3 Å². The second-order valence-electron chi connectivity index (χ2n) is 4.88. The van der Waals surface area contributed by atoms with Crippen LogP contribution in [0.1, 0.15) is 23.5 Å². The Balaban J connectivity index is 1.89. The van der Waals surface area contributed by atoms with Crippen molar-refractivity contribution in [1.29, 1.82) is 0 Å². The summed E-state index contributed by atoms with van der Waals surface area (Å²) in [5.74, 6) is -0.166. The summed E-state index contributed by atoms with van der Waals surface area (Å²) in [5, 5.41) is 1.93. The van der Waals surface area contributed by atoms with Crippen LogP contribution in [0.25, 0.3) is 0 Å². The molecule has 0 radical (unpaired) electrons. The van der Waals surface area contributed by atoms with Gasteiger partial charge in [-0.05, 0) is 36.4 Å². The topological polar surface area (TPSA) is 33.5 Å². The molecule has 0 aliphatic rings. The highest BCUT2D eigenvalue weighted by molar-refractivity contribution is 7.09. The summed E-state index contributed by atoms with van der Waals surface area (Å²) in [5.41, 5.74) is 0. The van der Waals surface area contributed by atoms with Gasteiger partial charge in [-0.2, -0.15) is 13.2 Å². The van der Waals surface area contributed by atoms with Crippen molar-refractivity contribution in [2.45, 2.75) is 32.0 Å². The molecule has 2 aromatic rings. The van der Waals surface area contributed by atoms with Crippen LogP contribution in [0.4, 0.5) is 13.2 Å². The Bertz CT molecular complexity index is 564. The smallest absolute Gasteiger partial charge is 0.406 e. The zero-order valence-electron chi connectivity index (χ0n) is 11.8. The minimum atomic E-state index is -4.42. The van der Waals surface area contributed by atoms with Crippen LogP contribution in [0.5, 0.6) is 0 Å². The van der Waals surface area contributed by atoms with Gasteiger partial charge in [0.25, 0.3) is 0 Å². The minimum absolute atomic E-state index is 0.0920. The number of hydrogen-bond acceptors (Lipinski definition) is 3. The Labute approximate surface area is 130 Å². The van der Waals surface area contributed by atoms with E-state index in [1.165, 1.54) is 6.26 Å². The molecule has 0 aromatic carbocycles. The maximum absolute atomic E-state index is 12.6. The molecule has 2 rings (SSSR count). The number of alkyl halides is 3. The van der Waals surface area contributed by atoms with Crippen molar-refractivity contribution in [3.05, 3.63) is 46.5 Å². The van der Waals surface area contributed by atoms with Gasteiger partial charge in [-0.3, -0.25) is 4.79 Å². The second-order valence-corrected chi connectivity index (χ2v) is 5.91. The lowest BCUT2D eigenvalue weighted by Crippen LogP contribution is -2.38. The van der Waals surface area contributed by atoms with E-state index in [0.29, 0.717) is 18.6 Å². The molecule has 0 bridgehead atoms. The first kappa shape index (κ1) is 16.6. The maximum Gasteiger partial charge on any atom is 0.406 e. The Morgan fingerprint density at radius 2 is 2.09 bits per heavy atom. The molecule has 0 fully saturated rings. The lowest BCUT2D eigenvalue weighted by Gasteiger charge is -2.23. The summed E-state index contributed by atoms with van der Waals surface area (Å²) in [4.78, 5) is 14.0. The van der Waals surface area contributed by atoms with Crippen molar-refractivity contribution in [3.8, 4) is 0 Å². The van der Waals surface area contributed by atoms with Crippen LogP contribution in [0.3, 0.4) is 0 Å². The molecule has 0 atom stereocenters. The number of hydrogen-bond donors (Lipinski definition) is 0. The van der Waals surface area contributed by atoms with Gasteiger partial charge < -0.3 is 9.32 Å². The maximum atomic E-state index is 12.6. The molecule has 0 unspecified atom stereocenters. The fourth-order valence-electron chi connectivity index (χ4n) is 2.07. The zero-order chi connectivity index (χ0) is 16.0. The highest BCUT2D eigenvalue weighted by Gasteiger charge is 2.33. The minimum Gasteiger partial charge on any atom is -0.467 e. The molecule has 0 aliphatic heterocycles. The van der Waals surface area contributed by atoms with Crippen LogP contribution in [0, 0.1) is 0 Å². The number of nitrogens with zero attached hydrogens (tertiary/aromatic N) is 1. The molecule has 1 amide bonds. The molecule has 0 N–H and O–H groups in total. The lowest BCUT2D eigenvalue weighted by molar-refractivity contribution is -0.162. The van der Waals surface area contributed by atoms with Crippen molar-refractivity contribution < 1.29 is 22.4 Å². The number of thiophene rings is 1. The summed E-state index contributed by atoms with van der Waals surface area (Å²) in [6, 6.07) is 7.00. The van der Waals surface area contributed by atoms with Crippen LogP contribution in [0.2, 0.25) is 0 Å². The van der Waals surface area contributed by atoms with Crippen LogP contribution < -0.4 is 0 Å². The molecular formula is C15H16F3NO2S. The standard InChI is InChI=1S/C15H16F3NO2S/c16-15(17,18)11-19(10-12-4-2-8-21-12)14(20)7-1-5-13-6-3-9-22-13/h2-4,6,8-9H,1,5,7,10-11H2. The van der Waals surface area contributed by atoms with Crippen LogP contribution in [0.15, 0.2) is 40.3 Å². The summed E-state index contributed by atoms with van der Waals surface area (Å²) in [7, 11) is 0. The van der Waals surface area contributed by atoms with E-state index in [2.05, 4.69) is 0 Å². The van der Waals surface area contributed by atoms with Gasteiger partial charge in [-0.1, -0.05) is 6.07 Å². The summed E-state index contributed by atoms with van der Waals surface area (Å²) in [6.07, 6.45) is -1.72. The van der Waals surface area contributed by atoms with E-state index in [-0.39, 0.29) is 13.0 Å². The molecule has 3 nitrogen and oxygen atoms in total. The van der Waals surface area contributed by atoms with Crippen LogP contribution in [-0.4, -0.2) is 23.5 Å². The predicted molar refractivity (Wildman–Crippen MR) is 77.4 cm³/mol. The predicted octanol–water partition coefficient (Wildman–Crippen LogP) is 4.25. The van der Waals surface area contributed by atoms with Gasteiger partial charge in [0.05, 0.1) is 12.8 Å². The number of rotatable bonds is 7.